The van der Waals surface area contributed by atoms with Gasteiger partial charge in [0.05, 0.1) is 36.9 Å². The van der Waals surface area contributed by atoms with Crippen molar-refractivity contribution in [3.63, 3.8) is 0 Å². The lowest BCUT2D eigenvalue weighted by Crippen LogP contribution is -2.42. The van der Waals surface area contributed by atoms with Crippen LogP contribution in [-0.2, 0) is 4.74 Å². The van der Waals surface area contributed by atoms with E-state index in [1.807, 2.05) is 30.3 Å². The van der Waals surface area contributed by atoms with Gasteiger partial charge >= 0.3 is 0 Å². The molecule has 1 aliphatic heterocycles. The van der Waals surface area contributed by atoms with Gasteiger partial charge in [-0.05, 0) is 24.3 Å². The Kier molecular flexibility index (Phi) is 4.76. The summed E-state index contributed by atoms with van der Waals surface area (Å²) in [6, 6.07) is 13.0. The second-order valence-corrected chi connectivity index (χ2v) is 6.27. The minimum Gasteiger partial charge on any atom is -0.382 e. The van der Waals surface area contributed by atoms with Crippen LogP contribution in [-0.4, -0.2) is 45.5 Å². The lowest BCUT2D eigenvalue weighted by Gasteiger charge is -2.32. The Morgan fingerprint density at radius 1 is 1.15 bits per heavy atom. The molecule has 1 aliphatic rings. The van der Waals surface area contributed by atoms with E-state index in [9.17, 15) is 4.79 Å². The molecular weight excluding hydrogens is 342 g/mol. The summed E-state index contributed by atoms with van der Waals surface area (Å²) in [4.78, 5) is 27.3. The summed E-state index contributed by atoms with van der Waals surface area (Å²) in [7, 11) is 0. The lowest BCUT2D eigenvalue weighted by atomic mass is 10.1. The lowest BCUT2D eigenvalue weighted by molar-refractivity contribution is -0.0247. The normalized spacial score (nSPS) is 16.9. The van der Waals surface area contributed by atoms with E-state index >= 15 is 0 Å². The number of ether oxygens (including phenoxy) is 1. The van der Waals surface area contributed by atoms with Crippen molar-refractivity contribution in [1.82, 2.24) is 19.9 Å². The topological polar surface area (TPSA) is 94.2 Å². The first-order valence-electron chi connectivity index (χ1n) is 8.70. The third-order valence-electron chi connectivity index (χ3n) is 4.45. The van der Waals surface area contributed by atoms with Crippen LogP contribution in [0.1, 0.15) is 22.2 Å². The number of pyridine rings is 1. The minimum absolute atomic E-state index is 0.0237. The summed E-state index contributed by atoms with van der Waals surface area (Å²) in [5, 5.41) is 0. The Morgan fingerprint density at radius 2 is 2.00 bits per heavy atom. The van der Waals surface area contributed by atoms with Crippen LogP contribution in [0.3, 0.4) is 0 Å². The average Bonchev–Trinajstić information content (AvgIpc) is 2.74. The molecule has 27 heavy (non-hydrogen) atoms. The maximum absolute atomic E-state index is 12.9. The molecule has 1 saturated heterocycles. The molecule has 0 radical (unpaired) electrons. The molecule has 1 amide bonds. The van der Waals surface area contributed by atoms with Crippen molar-refractivity contribution in [2.75, 3.05) is 25.4 Å². The van der Waals surface area contributed by atoms with Crippen LogP contribution in [0, 0.1) is 0 Å². The molecule has 136 valence electrons. The van der Waals surface area contributed by atoms with Crippen molar-refractivity contribution < 1.29 is 9.53 Å². The number of benzene rings is 1. The van der Waals surface area contributed by atoms with E-state index in [0.717, 1.165) is 11.3 Å². The number of morpholine rings is 1. The molecule has 1 unspecified atom stereocenters. The average molecular weight is 361 g/mol. The Morgan fingerprint density at radius 3 is 2.74 bits per heavy atom. The highest BCUT2D eigenvalue weighted by Crippen LogP contribution is 2.23. The fourth-order valence-corrected chi connectivity index (χ4v) is 3.07. The van der Waals surface area contributed by atoms with Crippen LogP contribution < -0.4 is 5.73 Å². The maximum atomic E-state index is 12.9. The first-order valence-corrected chi connectivity index (χ1v) is 8.70. The Hall–Kier alpha value is -3.32. The summed E-state index contributed by atoms with van der Waals surface area (Å²) in [5.74, 6) is 0.339. The highest BCUT2D eigenvalue weighted by atomic mass is 16.5. The number of nitrogens with zero attached hydrogens (tertiary/aromatic N) is 4. The van der Waals surface area contributed by atoms with E-state index in [2.05, 4.69) is 15.0 Å². The van der Waals surface area contributed by atoms with Gasteiger partial charge in [-0.2, -0.15) is 0 Å². The Labute approximate surface area is 156 Å². The van der Waals surface area contributed by atoms with E-state index in [0.29, 0.717) is 36.8 Å². The van der Waals surface area contributed by atoms with Crippen LogP contribution in [0.25, 0.3) is 11.3 Å². The number of carbonyl (C=O) groups is 1. The van der Waals surface area contributed by atoms with E-state index in [4.69, 9.17) is 10.5 Å². The fraction of sp³-hybridized carbons (Fsp3) is 0.200. The molecule has 3 heterocycles. The smallest absolute Gasteiger partial charge is 0.254 e. The number of aromatic nitrogens is 3. The Bertz CT molecular complexity index is 931. The number of hydrogen-bond donors (Lipinski definition) is 1. The van der Waals surface area contributed by atoms with Gasteiger partial charge in [-0.1, -0.05) is 18.2 Å². The molecule has 7 heteroatoms. The van der Waals surface area contributed by atoms with E-state index in [1.54, 1.807) is 29.4 Å². The van der Waals surface area contributed by atoms with Gasteiger partial charge in [-0.25, -0.2) is 4.98 Å². The molecule has 0 bridgehead atoms. The molecule has 4 rings (SSSR count). The zero-order valence-corrected chi connectivity index (χ0v) is 14.7. The van der Waals surface area contributed by atoms with Crippen LogP contribution in [0.15, 0.2) is 61.1 Å². The zero-order chi connectivity index (χ0) is 18.6. The van der Waals surface area contributed by atoms with Gasteiger partial charge in [0.15, 0.2) is 0 Å². The van der Waals surface area contributed by atoms with Crippen molar-refractivity contribution in [2.24, 2.45) is 0 Å². The Balaban J connectivity index is 1.49. The van der Waals surface area contributed by atoms with Gasteiger partial charge in [-0.3, -0.25) is 14.8 Å². The molecule has 3 aromatic rings. The van der Waals surface area contributed by atoms with Crippen molar-refractivity contribution in [3.05, 3.63) is 72.3 Å². The number of nitrogens with two attached hydrogens (primary N) is 1. The number of carbonyl (C=O) groups excluding carboxylic acids is 1. The number of rotatable bonds is 3. The van der Waals surface area contributed by atoms with Gasteiger partial charge < -0.3 is 15.4 Å². The zero-order valence-electron chi connectivity index (χ0n) is 14.7. The highest BCUT2D eigenvalue weighted by Gasteiger charge is 2.26. The standard InChI is InChI=1S/C20H19N5O2/c21-19-12-22-11-17(24-19)14-4-6-15(7-5-14)20(26)25-9-10-27-18(13-25)16-3-1-2-8-23-16/h1-8,11-12,18H,9-10,13H2,(H2,21,24). The molecule has 7 nitrogen and oxygen atoms in total. The third kappa shape index (κ3) is 3.78. The molecule has 1 atom stereocenters. The van der Waals surface area contributed by atoms with E-state index in [-0.39, 0.29) is 12.0 Å². The van der Waals surface area contributed by atoms with Crippen LogP contribution in [0.2, 0.25) is 0 Å². The van der Waals surface area contributed by atoms with Gasteiger partial charge in [0.25, 0.3) is 5.91 Å². The summed E-state index contributed by atoms with van der Waals surface area (Å²) in [6.45, 7) is 1.53. The van der Waals surface area contributed by atoms with Crippen molar-refractivity contribution in [1.29, 1.82) is 0 Å². The van der Waals surface area contributed by atoms with Gasteiger partial charge in [0.1, 0.15) is 11.9 Å². The van der Waals surface area contributed by atoms with Crippen LogP contribution in [0.4, 0.5) is 5.82 Å². The second kappa shape index (κ2) is 7.51. The summed E-state index contributed by atoms with van der Waals surface area (Å²) < 4.78 is 5.78. The third-order valence-corrected chi connectivity index (χ3v) is 4.45. The first-order chi connectivity index (χ1) is 13.2. The number of anilines is 1. The SMILES string of the molecule is Nc1cncc(-c2ccc(C(=O)N3CCOC(c4ccccn4)C3)cc2)n1. The molecular formula is C20H19N5O2. The van der Waals surface area contributed by atoms with Gasteiger partial charge in [0.2, 0.25) is 0 Å². The monoisotopic (exact) mass is 361 g/mol. The minimum atomic E-state index is -0.203. The van der Waals surface area contributed by atoms with E-state index < -0.39 is 0 Å². The summed E-state index contributed by atoms with van der Waals surface area (Å²) >= 11 is 0. The molecule has 2 N–H and O–H groups in total. The van der Waals surface area contributed by atoms with Crippen LogP contribution in [0.5, 0.6) is 0 Å². The quantitative estimate of drug-likeness (QED) is 0.769. The first kappa shape index (κ1) is 17.1. The molecule has 0 spiro atoms. The fourth-order valence-electron chi connectivity index (χ4n) is 3.07. The van der Waals surface area contributed by atoms with Gasteiger partial charge in [-0.15, -0.1) is 0 Å². The summed E-state index contributed by atoms with van der Waals surface area (Å²) in [6.07, 6.45) is 4.67. The van der Waals surface area contributed by atoms with Crippen molar-refractivity contribution in [3.8, 4) is 11.3 Å². The second-order valence-electron chi connectivity index (χ2n) is 6.27. The predicted octanol–water partition coefficient (Wildman–Crippen LogP) is 2.33. The molecule has 1 aromatic carbocycles. The predicted molar refractivity (Wildman–Crippen MR) is 101 cm³/mol. The molecule has 0 aliphatic carbocycles. The number of hydrogen-bond acceptors (Lipinski definition) is 6. The van der Waals surface area contributed by atoms with E-state index in [1.165, 1.54) is 6.20 Å². The maximum Gasteiger partial charge on any atom is 0.254 e. The van der Waals surface area contributed by atoms with Crippen LogP contribution >= 0.6 is 0 Å². The van der Waals surface area contributed by atoms with Gasteiger partial charge in [0, 0.05) is 23.9 Å². The summed E-state index contributed by atoms with van der Waals surface area (Å²) in [5.41, 5.74) is 8.68. The number of nitrogen functional groups attached to an aromatic ring is 1. The molecule has 1 fully saturated rings. The molecule has 0 saturated carbocycles. The highest BCUT2D eigenvalue weighted by molar-refractivity contribution is 5.94. The van der Waals surface area contributed by atoms with Crippen molar-refractivity contribution in [2.45, 2.75) is 6.10 Å². The molecule has 2 aromatic heterocycles. The largest absolute Gasteiger partial charge is 0.382 e. The number of amides is 1. The van der Waals surface area contributed by atoms with Crippen molar-refractivity contribution >= 4 is 11.7 Å².